The minimum atomic E-state index is -4.84. The van der Waals surface area contributed by atoms with Gasteiger partial charge in [0.15, 0.2) is 31.2 Å². The summed E-state index contributed by atoms with van der Waals surface area (Å²) in [4.78, 5) is 32.3. The molecule has 20 nitrogen and oxygen atoms in total. The summed E-state index contributed by atoms with van der Waals surface area (Å²) >= 11 is 0. The average Bonchev–Trinajstić information content (AvgIpc) is 1.80. The molecule has 0 radical (unpaired) electrons. The summed E-state index contributed by atoms with van der Waals surface area (Å²) in [5, 5.41) is 26.0. The number of hydrogen-bond donors (Lipinski definition) is 1. The fraction of sp³-hybridized carbons (Fsp3) is 0.186. The molecule has 28 heteroatoms. The lowest BCUT2D eigenvalue weighted by molar-refractivity contribution is -0.275. The van der Waals surface area contributed by atoms with E-state index in [4.69, 9.17) is 4.74 Å². The molecule has 11 rings (SSSR count). The molecule has 87 heavy (non-hydrogen) atoms. The number of imidazole rings is 2. The smallest absolute Gasteiger partial charge is 0.476 e. The van der Waals surface area contributed by atoms with Gasteiger partial charge in [0.2, 0.25) is 0 Å². The molecular weight excluding hydrogens is 1190 g/mol. The molecule has 0 saturated carbocycles. The first-order valence-corrected chi connectivity index (χ1v) is 29.8. The molecule has 6 aromatic carbocycles. The van der Waals surface area contributed by atoms with Crippen LogP contribution in [0.1, 0.15) is 52.4 Å². The number of aromatic carboxylic acids is 1. The average molecular weight is 1240 g/mol. The third-order valence-corrected chi connectivity index (χ3v) is 15.4. The molecule has 0 amide bonds. The highest BCUT2D eigenvalue weighted by Gasteiger charge is 2.32. The van der Waals surface area contributed by atoms with Gasteiger partial charge < -0.3 is 28.5 Å². The van der Waals surface area contributed by atoms with Crippen LogP contribution in [0.5, 0.6) is 11.5 Å². The monoisotopic (exact) mass is 1240 g/mol. The Hall–Kier alpha value is -9.80. The van der Waals surface area contributed by atoms with E-state index in [0.29, 0.717) is 79.2 Å². The number of ether oxygens (including phenoxy) is 3. The number of carboxylic acid groups (broad SMARTS) is 1. The van der Waals surface area contributed by atoms with Gasteiger partial charge in [-0.15, -0.1) is 36.5 Å². The third kappa shape index (κ3) is 15.0. The first kappa shape index (κ1) is 61.8. The Morgan fingerprint density at radius 2 is 0.908 bits per heavy atom. The Morgan fingerprint density at radius 3 is 1.24 bits per heavy atom. The van der Waals surface area contributed by atoms with Crippen LogP contribution in [0.15, 0.2) is 168 Å². The van der Waals surface area contributed by atoms with E-state index in [1.807, 2.05) is 0 Å². The molecule has 0 unspecified atom stereocenters. The zero-order valence-electron chi connectivity index (χ0n) is 46.5. The number of aromatic nitrogens is 10. The van der Waals surface area contributed by atoms with E-state index < -0.39 is 44.1 Å². The number of carbonyl (C=O) groups excluding carboxylic acids is 1. The minimum Gasteiger partial charge on any atom is -0.476 e. The molecule has 0 spiro atoms. The maximum atomic E-state index is 12.7. The quantitative estimate of drug-likeness (QED) is 0.0785. The Balaban J connectivity index is 0.000000192. The van der Waals surface area contributed by atoms with Gasteiger partial charge in [0.25, 0.3) is 0 Å². The maximum absolute atomic E-state index is 12.7. The molecule has 5 heterocycles. The van der Waals surface area contributed by atoms with Crippen LogP contribution in [0.25, 0.3) is 67.5 Å². The van der Waals surface area contributed by atoms with Crippen LogP contribution in [0.2, 0.25) is 0 Å². The van der Waals surface area contributed by atoms with Crippen molar-refractivity contribution < 1.29 is 72.1 Å². The SMILES string of the molecule is C1CCOC1.CC(=O)c1cn(-c2ccc(-c3cccc(S(C)(=O)=O)c3)cc2-n2nncc2-c2ccc(OC(F)(F)F)cc2)c(C)n1.Cc1nc(C(=O)O)cn1-c1ccc(-c2cccc(S(C)(=O)=O)c2)cc1-n1nncc1-c1ccc(OC(F)(F)F)cc1. The van der Waals surface area contributed by atoms with Crippen LogP contribution in [0.3, 0.4) is 0 Å². The Morgan fingerprint density at radius 1 is 0.529 bits per heavy atom. The number of carboxylic acids is 1. The molecule has 1 aliphatic heterocycles. The van der Waals surface area contributed by atoms with Crippen LogP contribution >= 0.6 is 0 Å². The lowest BCUT2D eigenvalue weighted by atomic mass is 10.0. The van der Waals surface area contributed by atoms with E-state index in [1.54, 1.807) is 95.9 Å². The van der Waals surface area contributed by atoms with Gasteiger partial charge in [-0.2, -0.15) is 0 Å². The van der Waals surface area contributed by atoms with Gasteiger partial charge in [-0.1, -0.05) is 46.8 Å². The molecular formula is C59H50F6N10O10S2. The van der Waals surface area contributed by atoms with Crippen molar-refractivity contribution in [3.05, 3.63) is 181 Å². The van der Waals surface area contributed by atoms with Gasteiger partial charge >= 0.3 is 18.7 Å². The fourth-order valence-electron chi connectivity index (χ4n) is 9.06. The van der Waals surface area contributed by atoms with E-state index in [9.17, 15) is 57.9 Å². The number of rotatable bonds is 14. The van der Waals surface area contributed by atoms with Crippen molar-refractivity contribution in [2.45, 2.75) is 56.1 Å². The summed E-state index contributed by atoms with van der Waals surface area (Å²) < 4.78 is 144. The fourth-order valence-corrected chi connectivity index (χ4v) is 10.4. The lowest BCUT2D eigenvalue weighted by Crippen LogP contribution is -2.17. The molecule has 450 valence electrons. The number of ketones is 1. The van der Waals surface area contributed by atoms with Crippen molar-refractivity contribution >= 4 is 31.4 Å². The summed E-state index contributed by atoms with van der Waals surface area (Å²) in [6.07, 6.45) is 0.950. The first-order valence-electron chi connectivity index (χ1n) is 26.0. The Labute approximate surface area is 492 Å². The maximum Gasteiger partial charge on any atom is 0.573 e. The van der Waals surface area contributed by atoms with Crippen molar-refractivity contribution in [3.8, 4) is 79.0 Å². The topological polar surface area (TPSA) is 247 Å². The second-order valence-corrected chi connectivity index (χ2v) is 23.5. The number of carbonyl (C=O) groups is 2. The number of nitrogens with zero attached hydrogens (tertiary/aromatic N) is 10. The van der Waals surface area contributed by atoms with Gasteiger partial charge in [-0.05, 0) is 146 Å². The van der Waals surface area contributed by atoms with Crippen molar-refractivity contribution in [2.75, 3.05) is 25.7 Å². The zero-order chi connectivity index (χ0) is 62.6. The summed E-state index contributed by atoms with van der Waals surface area (Å²) in [5.41, 5.74) is 6.35. The van der Waals surface area contributed by atoms with E-state index in [1.165, 1.54) is 102 Å². The number of Topliss-reactive ketones (excluding diaryl/α,β-unsaturated/α-hetero) is 1. The summed E-state index contributed by atoms with van der Waals surface area (Å²) in [7, 11) is -6.94. The van der Waals surface area contributed by atoms with Gasteiger partial charge in [-0.3, -0.25) is 4.79 Å². The summed E-state index contributed by atoms with van der Waals surface area (Å²) in [5.74, 6) is -1.32. The molecule has 1 N–H and O–H groups in total. The van der Waals surface area contributed by atoms with E-state index in [-0.39, 0.29) is 32.7 Å². The van der Waals surface area contributed by atoms with Crippen molar-refractivity contribution in [1.29, 1.82) is 0 Å². The van der Waals surface area contributed by atoms with E-state index in [0.717, 1.165) is 37.9 Å². The van der Waals surface area contributed by atoms with Crippen molar-refractivity contribution in [2.24, 2.45) is 0 Å². The molecule has 1 fully saturated rings. The van der Waals surface area contributed by atoms with Crippen LogP contribution in [-0.2, 0) is 24.4 Å². The third-order valence-electron chi connectivity index (χ3n) is 13.2. The molecule has 0 bridgehead atoms. The molecule has 1 aliphatic rings. The van der Waals surface area contributed by atoms with E-state index >= 15 is 0 Å². The number of alkyl halides is 6. The Bertz CT molecular complexity index is 4120. The number of sulfone groups is 2. The number of aryl methyl sites for hydroxylation is 2. The molecule has 0 atom stereocenters. The summed E-state index contributed by atoms with van der Waals surface area (Å²) in [6.45, 7) is 6.77. The van der Waals surface area contributed by atoms with Crippen molar-refractivity contribution in [1.82, 2.24) is 49.1 Å². The van der Waals surface area contributed by atoms with Gasteiger partial charge in [0.05, 0.1) is 56.3 Å². The van der Waals surface area contributed by atoms with Crippen LogP contribution < -0.4 is 9.47 Å². The largest absolute Gasteiger partial charge is 0.573 e. The first-order chi connectivity index (χ1) is 41.1. The zero-order valence-corrected chi connectivity index (χ0v) is 48.2. The van der Waals surface area contributed by atoms with Crippen LogP contribution in [0, 0.1) is 13.8 Å². The van der Waals surface area contributed by atoms with Gasteiger partial charge in [0.1, 0.15) is 28.8 Å². The number of benzene rings is 6. The normalized spacial score (nSPS) is 12.6. The van der Waals surface area contributed by atoms with Crippen LogP contribution in [0.4, 0.5) is 26.3 Å². The highest BCUT2D eigenvalue weighted by Crippen LogP contribution is 2.36. The van der Waals surface area contributed by atoms with E-state index in [2.05, 4.69) is 40.1 Å². The Kier molecular flexibility index (Phi) is 17.8. The highest BCUT2D eigenvalue weighted by molar-refractivity contribution is 7.91. The highest BCUT2D eigenvalue weighted by atomic mass is 32.2. The molecule has 4 aromatic heterocycles. The minimum absolute atomic E-state index is 0.125. The predicted molar refractivity (Wildman–Crippen MR) is 305 cm³/mol. The van der Waals surface area contributed by atoms with Gasteiger partial charge in [0, 0.05) is 56.2 Å². The number of hydrogen-bond acceptors (Lipinski definition) is 15. The lowest BCUT2D eigenvalue weighted by Gasteiger charge is -2.16. The molecule has 0 aliphatic carbocycles. The standard InChI is InChI=1S/C28H22F3N5O4S.C27H20F3N5O5S.C4H8O/c1-17(37)24-16-35(18(2)33-24)25-12-9-21(20-5-4-6-23(13-20)41(3,38)39)14-26(25)36-27(15-32-34-36)19-7-10-22(11-8-19)40-28(29,30)31;1-16-32-22(26(36)37)15-34(16)23-11-8-19(18-4-3-5-21(12-18)41(2,38)39)13-24(23)35-25(14-31-33-35)17-6-9-20(10-7-17)40-27(28,29)30;1-2-4-5-3-1/h4-16H,1-3H3;3-15H,1-2H3,(H,36,37);1-4H2. The second kappa shape index (κ2) is 25.0. The summed E-state index contributed by atoms with van der Waals surface area (Å²) in [6, 6.07) is 33.8. The predicted octanol–water partition coefficient (Wildman–Crippen LogP) is 11.5. The van der Waals surface area contributed by atoms with Crippen molar-refractivity contribution in [3.63, 3.8) is 0 Å². The molecule has 10 aromatic rings. The number of halogens is 6. The van der Waals surface area contributed by atoms with Crippen LogP contribution in [-0.4, -0.2) is 121 Å². The molecule has 1 saturated heterocycles. The second-order valence-electron chi connectivity index (χ2n) is 19.5. The van der Waals surface area contributed by atoms with Gasteiger partial charge in [-0.25, -0.2) is 41.0 Å².